The SMILES string of the molecule is CNCc1ncn2cccc(Cl)c12. The van der Waals surface area contributed by atoms with Gasteiger partial charge in [-0.3, -0.25) is 0 Å². The predicted octanol–water partition coefficient (Wildman–Crippen LogP) is 1.71. The van der Waals surface area contributed by atoms with Crippen LogP contribution in [0.4, 0.5) is 0 Å². The number of rotatable bonds is 2. The van der Waals surface area contributed by atoms with E-state index in [1.54, 1.807) is 6.33 Å². The lowest BCUT2D eigenvalue weighted by molar-refractivity contribution is 0.802. The molecule has 4 heteroatoms. The van der Waals surface area contributed by atoms with Crippen LogP contribution in [0.2, 0.25) is 5.02 Å². The summed E-state index contributed by atoms with van der Waals surface area (Å²) < 4.78 is 1.93. The molecule has 3 nitrogen and oxygen atoms in total. The molecule has 0 aliphatic carbocycles. The molecule has 2 heterocycles. The van der Waals surface area contributed by atoms with E-state index in [9.17, 15) is 0 Å². The van der Waals surface area contributed by atoms with Gasteiger partial charge in [0, 0.05) is 12.7 Å². The summed E-state index contributed by atoms with van der Waals surface area (Å²) >= 11 is 6.05. The highest BCUT2D eigenvalue weighted by atomic mass is 35.5. The number of imidazole rings is 1. The zero-order chi connectivity index (χ0) is 9.26. The molecule has 0 fully saturated rings. The summed E-state index contributed by atoms with van der Waals surface area (Å²) in [5.41, 5.74) is 1.96. The van der Waals surface area contributed by atoms with Gasteiger partial charge < -0.3 is 9.72 Å². The summed E-state index contributed by atoms with van der Waals surface area (Å²) in [4.78, 5) is 4.26. The van der Waals surface area contributed by atoms with Gasteiger partial charge in [-0.05, 0) is 19.2 Å². The normalized spacial score (nSPS) is 10.9. The zero-order valence-electron chi connectivity index (χ0n) is 7.29. The lowest BCUT2D eigenvalue weighted by Crippen LogP contribution is -2.05. The summed E-state index contributed by atoms with van der Waals surface area (Å²) in [5, 5.41) is 3.80. The van der Waals surface area contributed by atoms with Gasteiger partial charge in [-0.25, -0.2) is 4.98 Å². The molecular formula is C9H10ClN3. The molecule has 2 aromatic heterocycles. The first-order chi connectivity index (χ1) is 6.33. The van der Waals surface area contributed by atoms with Crippen LogP contribution in [-0.4, -0.2) is 16.4 Å². The molecule has 0 amide bonds. The fourth-order valence-electron chi connectivity index (χ4n) is 1.37. The molecule has 0 aliphatic rings. The van der Waals surface area contributed by atoms with Crippen molar-refractivity contribution in [1.29, 1.82) is 0 Å². The van der Waals surface area contributed by atoms with Gasteiger partial charge in [0.2, 0.25) is 0 Å². The van der Waals surface area contributed by atoms with Crippen molar-refractivity contribution in [3.63, 3.8) is 0 Å². The third kappa shape index (κ3) is 1.41. The van der Waals surface area contributed by atoms with Crippen molar-refractivity contribution in [3.8, 4) is 0 Å². The van der Waals surface area contributed by atoms with E-state index in [0.717, 1.165) is 22.8 Å². The van der Waals surface area contributed by atoms with Gasteiger partial charge in [-0.2, -0.15) is 0 Å². The third-order valence-electron chi connectivity index (χ3n) is 1.93. The van der Waals surface area contributed by atoms with Crippen molar-refractivity contribution in [2.24, 2.45) is 0 Å². The summed E-state index contributed by atoms with van der Waals surface area (Å²) in [7, 11) is 1.89. The molecule has 0 bridgehead atoms. The van der Waals surface area contributed by atoms with Crippen LogP contribution in [0.25, 0.3) is 5.52 Å². The van der Waals surface area contributed by atoms with E-state index >= 15 is 0 Å². The van der Waals surface area contributed by atoms with E-state index in [4.69, 9.17) is 11.6 Å². The second-order valence-corrected chi connectivity index (χ2v) is 3.24. The molecule has 0 aromatic carbocycles. The smallest absolute Gasteiger partial charge is 0.0996 e. The van der Waals surface area contributed by atoms with Crippen LogP contribution >= 0.6 is 11.6 Å². The second-order valence-electron chi connectivity index (χ2n) is 2.83. The lowest BCUT2D eigenvalue weighted by Gasteiger charge is -1.99. The van der Waals surface area contributed by atoms with Crippen molar-refractivity contribution >= 4 is 17.1 Å². The average molecular weight is 196 g/mol. The summed E-state index contributed by atoms with van der Waals surface area (Å²) in [5.74, 6) is 0. The molecule has 2 rings (SSSR count). The van der Waals surface area contributed by atoms with Gasteiger partial charge >= 0.3 is 0 Å². The Labute approximate surface area is 81.4 Å². The minimum Gasteiger partial charge on any atom is -0.314 e. The van der Waals surface area contributed by atoms with Crippen LogP contribution in [0.5, 0.6) is 0 Å². The van der Waals surface area contributed by atoms with Crippen molar-refractivity contribution in [1.82, 2.24) is 14.7 Å². The molecule has 0 saturated carbocycles. The molecule has 0 aliphatic heterocycles. The zero-order valence-corrected chi connectivity index (χ0v) is 8.04. The first-order valence-corrected chi connectivity index (χ1v) is 4.45. The maximum Gasteiger partial charge on any atom is 0.0996 e. The minimum atomic E-state index is 0.736. The summed E-state index contributed by atoms with van der Waals surface area (Å²) in [6.07, 6.45) is 3.71. The van der Waals surface area contributed by atoms with Crippen LogP contribution in [-0.2, 0) is 6.54 Å². The first-order valence-electron chi connectivity index (χ1n) is 4.07. The first kappa shape index (κ1) is 8.53. The summed E-state index contributed by atoms with van der Waals surface area (Å²) in [6, 6.07) is 3.78. The Morgan fingerprint density at radius 3 is 3.23 bits per heavy atom. The highest BCUT2D eigenvalue weighted by Gasteiger charge is 2.05. The third-order valence-corrected chi connectivity index (χ3v) is 2.23. The Kier molecular flexibility index (Phi) is 2.20. The van der Waals surface area contributed by atoms with Crippen LogP contribution < -0.4 is 5.32 Å². The molecule has 0 radical (unpaired) electrons. The molecule has 0 atom stereocenters. The number of pyridine rings is 1. The number of hydrogen-bond donors (Lipinski definition) is 1. The van der Waals surface area contributed by atoms with E-state index in [0.29, 0.717) is 0 Å². The molecule has 0 saturated heterocycles. The Bertz CT molecular complexity index is 422. The molecule has 13 heavy (non-hydrogen) atoms. The number of fused-ring (bicyclic) bond motifs is 1. The highest BCUT2D eigenvalue weighted by molar-refractivity contribution is 6.33. The van der Waals surface area contributed by atoms with Crippen molar-refractivity contribution in [2.75, 3.05) is 7.05 Å². The monoisotopic (exact) mass is 195 g/mol. The highest BCUT2D eigenvalue weighted by Crippen LogP contribution is 2.19. The molecule has 2 aromatic rings. The Hall–Kier alpha value is -1.06. The maximum atomic E-state index is 6.05. The van der Waals surface area contributed by atoms with Gasteiger partial charge in [0.05, 0.1) is 22.6 Å². The Morgan fingerprint density at radius 1 is 1.62 bits per heavy atom. The van der Waals surface area contributed by atoms with Crippen LogP contribution in [0.1, 0.15) is 5.69 Å². The van der Waals surface area contributed by atoms with Crippen LogP contribution in [0.15, 0.2) is 24.7 Å². The van der Waals surface area contributed by atoms with E-state index < -0.39 is 0 Å². The number of nitrogens with zero attached hydrogens (tertiary/aromatic N) is 2. The maximum absolute atomic E-state index is 6.05. The van der Waals surface area contributed by atoms with E-state index in [1.165, 1.54) is 0 Å². The van der Waals surface area contributed by atoms with Gasteiger partial charge in [0.15, 0.2) is 0 Å². The fourth-order valence-corrected chi connectivity index (χ4v) is 1.65. The minimum absolute atomic E-state index is 0.736. The van der Waals surface area contributed by atoms with Gasteiger partial charge in [-0.1, -0.05) is 11.6 Å². The lowest BCUT2D eigenvalue weighted by atomic mass is 10.3. The van der Waals surface area contributed by atoms with E-state index in [-0.39, 0.29) is 0 Å². The molecule has 0 unspecified atom stereocenters. The van der Waals surface area contributed by atoms with E-state index in [1.807, 2.05) is 29.8 Å². The van der Waals surface area contributed by atoms with Crippen LogP contribution in [0.3, 0.4) is 0 Å². The number of aromatic nitrogens is 2. The van der Waals surface area contributed by atoms with E-state index in [2.05, 4.69) is 10.3 Å². The van der Waals surface area contributed by atoms with Gasteiger partial charge in [0.1, 0.15) is 0 Å². The van der Waals surface area contributed by atoms with Gasteiger partial charge in [-0.15, -0.1) is 0 Å². The molecular weight excluding hydrogens is 186 g/mol. The second kappa shape index (κ2) is 3.36. The van der Waals surface area contributed by atoms with Crippen molar-refractivity contribution in [3.05, 3.63) is 35.4 Å². The number of halogens is 1. The Balaban J connectivity index is 2.64. The topological polar surface area (TPSA) is 29.3 Å². The van der Waals surface area contributed by atoms with Crippen molar-refractivity contribution in [2.45, 2.75) is 6.54 Å². The quantitative estimate of drug-likeness (QED) is 0.791. The molecule has 68 valence electrons. The standard InChI is InChI=1S/C9H10ClN3/c1-11-5-8-9-7(10)3-2-4-13(9)6-12-8/h2-4,6,11H,5H2,1H3. The fraction of sp³-hybridized carbons (Fsp3) is 0.222. The molecule has 0 spiro atoms. The summed E-state index contributed by atoms with van der Waals surface area (Å²) in [6.45, 7) is 0.736. The largest absolute Gasteiger partial charge is 0.314 e. The van der Waals surface area contributed by atoms with Crippen LogP contribution in [0, 0.1) is 0 Å². The predicted molar refractivity (Wildman–Crippen MR) is 53.0 cm³/mol. The molecule has 1 N–H and O–H groups in total. The Morgan fingerprint density at radius 2 is 2.46 bits per heavy atom. The van der Waals surface area contributed by atoms with Gasteiger partial charge in [0.25, 0.3) is 0 Å². The van der Waals surface area contributed by atoms with Crippen molar-refractivity contribution < 1.29 is 0 Å². The number of hydrogen-bond acceptors (Lipinski definition) is 2. The average Bonchev–Trinajstić information content (AvgIpc) is 2.51. The number of nitrogens with one attached hydrogen (secondary N) is 1.